The van der Waals surface area contributed by atoms with Gasteiger partial charge in [0.1, 0.15) is 0 Å². The predicted octanol–water partition coefficient (Wildman–Crippen LogP) is 2.08. The van der Waals surface area contributed by atoms with Crippen molar-refractivity contribution in [2.24, 2.45) is 0 Å². The van der Waals surface area contributed by atoms with Gasteiger partial charge >= 0.3 is 0 Å². The minimum absolute atomic E-state index is 0.543. The van der Waals surface area contributed by atoms with E-state index in [2.05, 4.69) is 5.32 Å². The van der Waals surface area contributed by atoms with Crippen molar-refractivity contribution in [3.05, 3.63) is 42.0 Å². The van der Waals surface area contributed by atoms with Crippen LogP contribution >= 0.6 is 0 Å². The van der Waals surface area contributed by atoms with Crippen LogP contribution in [-0.4, -0.2) is 11.7 Å². The molecule has 0 aliphatic heterocycles. The Balaban J connectivity index is 2.66. The normalized spacial score (nSPS) is 10.3. The van der Waals surface area contributed by atoms with E-state index in [1.54, 1.807) is 19.1 Å². The molecule has 3 nitrogen and oxygen atoms in total. The summed E-state index contributed by atoms with van der Waals surface area (Å²) in [5.74, 6) is -1.16. The van der Waals surface area contributed by atoms with E-state index in [1.165, 1.54) is 12.2 Å². The molecule has 0 atom stereocenters. The minimum atomic E-state index is -0.614. The number of ketones is 1. The third kappa shape index (κ3) is 3.38. The van der Waals surface area contributed by atoms with Crippen molar-refractivity contribution in [2.45, 2.75) is 13.8 Å². The number of hydrogen-bond donors (Lipinski definition) is 1. The Kier molecular flexibility index (Phi) is 3.80. The van der Waals surface area contributed by atoms with E-state index in [1.807, 2.05) is 19.1 Å². The molecule has 1 amide bonds. The van der Waals surface area contributed by atoms with Gasteiger partial charge in [-0.1, -0.05) is 23.8 Å². The number of carbonyl (C=O) groups excluding carboxylic acids is 2. The Labute approximate surface area is 88.8 Å². The Morgan fingerprint density at radius 1 is 1.20 bits per heavy atom. The van der Waals surface area contributed by atoms with Gasteiger partial charge in [0.15, 0.2) is 0 Å². The lowest BCUT2D eigenvalue weighted by Crippen LogP contribution is -2.20. The quantitative estimate of drug-likeness (QED) is 0.604. The number of allylic oxidation sites excluding steroid dienone is 1. The molecule has 0 saturated heterocycles. The fourth-order valence-corrected chi connectivity index (χ4v) is 1.06. The topological polar surface area (TPSA) is 46.2 Å². The average Bonchev–Trinajstić information content (AvgIpc) is 2.22. The maximum Gasteiger partial charge on any atom is 0.296 e. The lowest BCUT2D eigenvalue weighted by atomic mass is 10.2. The average molecular weight is 203 g/mol. The summed E-state index contributed by atoms with van der Waals surface area (Å²) in [7, 11) is 0. The molecule has 1 N–H and O–H groups in total. The summed E-state index contributed by atoms with van der Waals surface area (Å²) in [5.41, 5.74) is 1.73. The summed E-state index contributed by atoms with van der Waals surface area (Å²) >= 11 is 0. The van der Waals surface area contributed by atoms with E-state index in [0.717, 1.165) is 5.56 Å². The van der Waals surface area contributed by atoms with Crippen molar-refractivity contribution >= 4 is 17.4 Å². The molecule has 15 heavy (non-hydrogen) atoms. The first-order valence-electron chi connectivity index (χ1n) is 4.68. The van der Waals surface area contributed by atoms with Crippen molar-refractivity contribution in [1.29, 1.82) is 0 Å². The number of rotatable bonds is 3. The molecule has 0 saturated carbocycles. The molecule has 0 aromatic heterocycles. The molecule has 0 unspecified atom stereocenters. The molecule has 0 bridgehead atoms. The maximum absolute atomic E-state index is 11.3. The molecule has 0 radical (unpaired) electrons. The van der Waals surface area contributed by atoms with Crippen LogP contribution in [0, 0.1) is 6.92 Å². The highest BCUT2D eigenvalue weighted by atomic mass is 16.2. The number of carbonyl (C=O) groups is 2. The van der Waals surface area contributed by atoms with Crippen LogP contribution in [0.15, 0.2) is 36.4 Å². The molecule has 0 fully saturated rings. The van der Waals surface area contributed by atoms with Gasteiger partial charge in [-0.25, -0.2) is 0 Å². The lowest BCUT2D eigenvalue weighted by Gasteiger charge is -2.02. The van der Waals surface area contributed by atoms with E-state index < -0.39 is 11.7 Å². The Morgan fingerprint density at radius 2 is 1.80 bits per heavy atom. The number of hydrogen-bond acceptors (Lipinski definition) is 2. The van der Waals surface area contributed by atoms with Crippen LogP contribution in [-0.2, 0) is 9.59 Å². The van der Waals surface area contributed by atoms with Gasteiger partial charge in [0.2, 0.25) is 5.78 Å². The van der Waals surface area contributed by atoms with Gasteiger partial charge in [-0.15, -0.1) is 0 Å². The fraction of sp³-hybridized carbons (Fsp3) is 0.167. The van der Waals surface area contributed by atoms with Crippen LogP contribution in [0.4, 0.5) is 5.69 Å². The molecule has 78 valence electrons. The van der Waals surface area contributed by atoms with Crippen molar-refractivity contribution in [1.82, 2.24) is 0 Å². The summed E-state index contributed by atoms with van der Waals surface area (Å²) in [6.45, 7) is 3.65. The third-order valence-electron chi connectivity index (χ3n) is 1.85. The highest BCUT2D eigenvalue weighted by molar-refractivity contribution is 6.44. The smallest absolute Gasteiger partial charge is 0.296 e. The number of nitrogens with one attached hydrogen (secondary N) is 1. The molecule has 0 spiro atoms. The predicted molar refractivity (Wildman–Crippen MR) is 59.6 cm³/mol. The van der Waals surface area contributed by atoms with E-state index >= 15 is 0 Å². The van der Waals surface area contributed by atoms with Crippen molar-refractivity contribution in [2.75, 3.05) is 5.32 Å². The van der Waals surface area contributed by atoms with Crippen LogP contribution in [0.2, 0.25) is 0 Å². The number of benzene rings is 1. The zero-order chi connectivity index (χ0) is 11.3. The summed E-state index contributed by atoms with van der Waals surface area (Å²) in [4.78, 5) is 22.4. The van der Waals surface area contributed by atoms with Crippen molar-refractivity contribution < 1.29 is 9.59 Å². The molecule has 1 rings (SSSR count). The monoisotopic (exact) mass is 203 g/mol. The van der Waals surface area contributed by atoms with Gasteiger partial charge in [-0.3, -0.25) is 9.59 Å². The molecule has 1 aromatic rings. The molecular weight excluding hydrogens is 190 g/mol. The Hall–Kier alpha value is -1.90. The van der Waals surface area contributed by atoms with Crippen molar-refractivity contribution in [3.8, 4) is 0 Å². The maximum atomic E-state index is 11.3. The molecule has 0 aliphatic carbocycles. The van der Waals surface area contributed by atoms with Gasteiger partial charge in [-0.2, -0.15) is 0 Å². The van der Waals surface area contributed by atoms with Gasteiger partial charge in [-0.05, 0) is 32.1 Å². The molecule has 0 heterocycles. The van der Waals surface area contributed by atoms with Gasteiger partial charge in [0.25, 0.3) is 5.91 Å². The molecular formula is C12H13NO2. The zero-order valence-electron chi connectivity index (χ0n) is 8.78. The van der Waals surface area contributed by atoms with E-state index in [4.69, 9.17) is 0 Å². The first-order chi connectivity index (χ1) is 7.13. The molecule has 3 heteroatoms. The SMILES string of the molecule is C/C=C/C(=O)C(=O)Nc1ccc(C)cc1. The number of anilines is 1. The second kappa shape index (κ2) is 5.10. The van der Waals surface area contributed by atoms with Gasteiger partial charge in [0.05, 0.1) is 0 Å². The standard InChI is InChI=1S/C12H13NO2/c1-3-4-11(14)12(15)13-10-7-5-9(2)6-8-10/h3-8H,1-2H3,(H,13,15)/b4-3+. The largest absolute Gasteiger partial charge is 0.319 e. The van der Waals surface area contributed by atoms with E-state index in [0.29, 0.717) is 5.69 Å². The summed E-state index contributed by atoms with van der Waals surface area (Å²) < 4.78 is 0. The number of aryl methyl sites for hydroxylation is 1. The van der Waals surface area contributed by atoms with Crippen LogP contribution in [0.25, 0.3) is 0 Å². The minimum Gasteiger partial charge on any atom is -0.319 e. The Bertz CT molecular complexity index is 391. The summed E-state index contributed by atoms with van der Waals surface area (Å²) in [5, 5.41) is 2.51. The summed E-state index contributed by atoms with van der Waals surface area (Å²) in [6, 6.07) is 7.26. The second-order valence-corrected chi connectivity index (χ2v) is 3.18. The number of amides is 1. The van der Waals surface area contributed by atoms with Crippen LogP contribution in [0.1, 0.15) is 12.5 Å². The van der Waals surface area contributed by atoms with E-state index in [-0.39, 0.29) is 0 Å². The van der Waals surface area contributed by atoms with Gasteiger partial charge < -0.3 is 5.32 Å². The first kappa shape index (κ1) is 11.2. The second-order valence-electron chi connectivity index (χ2n) is 3.18. The van der Waals surface area contributed by atoms with Crippen LogP contribution < -0.4 is 5.32 Å². The fourth-order valence-electron chi connectivity index (χ4n) is 1.06. The molecule has 0 aliphatic rings. The lowest BCUT2D eigenvalue weighted by molar-refractivity contribution is -0.131. The van der Waals surface area contributed by atoms with Gasteiger partial charge in [0, 0.05) is 5.69 Å². The highest BCUT2D eigenvalue weighted by Gasteiger charge is 2.09. The van der Waals surface area contributed by atoms with E-state index in [9.17, 15) is 9.59 Å². The van der Waals surface area contributed by atoms with Crippen LogP contribution in [0.5, 0.6) is 0 Å². The van der Waals surface area contributed by atoms with Crippen molar-refractivity contribution in [3.63, 3.8) is 0 Å². The Morgan fingerprint density at radius 3 is 2.33 bits per heavy atom. The first-order valence-corrected chi connectivity index (χ1v) is 4.68. The molecule has 1 aromatic carbocycles. The zero-order valence-corrected chi connectivity index (χ0v) is 8.78. The van der Waals surface area contributed by atoms with Crippen LogP contribution in [0.3, 0.4) is 0 Å². The highest BCUT2D eigenvalue weighted by Crippen LogP contribution is 2.08. The third-order valence-corrected chi connectivity index (χ3v) is 1.85. The summed E-state index contributed by atoms with van der Waals surface area (Å²) in [6.07, 6.45) is 2.78.